The molecule has 1 amide bonds. The lowest BCUT2D eigenvalue weighted by Crippen LogP contribution is -2.33. The molecule has 0 radical (unpaired) electrons. The number of carbonyl (C=O) groups is 2. The molecule has 1 aromatic rings. The van der Waals surface area contributed by atoms with Crippen LogP contribution in [0.25, 0.3) is 0 Å². The van der Waals surface area contributed by atoms with Gasteiger partial charge in [-0.15, -0.1) is 0 Å². The van der Waals surface area contributed by atoms with Crippen LogP contribution in [0.1, 0.15) is 12.8 Å². The highest BCUT2D eigenvalue weighted by atomic mass is 16.5. The number of nitrogens with two attached hydrogens (primary N) is 1. The quantitative estimate of drug-likeness (QED) is 0.722. The van der Waals surface area contributed by atoms with Gasteiger partial charge in [-0.3, -0.25) is 14.3 Å². The van der Waals surface area contributed by atoms with Crippen molar-refractivity contribution < 1.29 is 14.3 Å². The van der Waals surface area contributed by atoms with Crippen LogP contribution in [0.5, 0.6) is 0 Å². The predicted octanol–water partition coefficient (Wildman–Crippen LogP) is -0.371. The fourth-order valence-corrected chi connectivity index (χ4v) is 1.55. The van der Waals surface area contributed by atoms with Crippen molar-refractivity contribution in [2.45, 2.75) is 25.4 Å². The number of anilines is 1. The van der Waals surface area contributed by atoms with Gasteiger partial charge in [-0.05, 0) is 12.8 Å². The Morgan fingerprint density at radius 3 is 2.89 bits per heavy atom. The summed E-state index contributed by atoms with van der Waals surface area (Å²) in [4.78, 5) is 24.7. The van der Waals surface area contributed by atoms with Gasteiger partial charge in [-0.2, -0.15) is 5.10 Å². The molecule has 1 aliphatic rings. The van der Waals surface area contributed by atoms with Crippen molar-refractivity contribution in [1.82, 2.24) is 14.7 Å². The molecule has 1 fully saturated rings. The summed E-state index contributed by atoms with van der Waals surface area (Å²) in [6.07, 6.45) is 5.03. The Kier molecular flexibility index (Phi) is 3.50. The lowest BCUT2D eigenvalue weighted by molar-refractivity contribution is -0.152. The standard InChI is InChI=1S/C11H16N4O3/c1-14(9-2-3-9)10(16)7-18-11(17)6-15-5-8(12)4-13-15/h4-5,9H,2-3,6-7,12H2,1H3. The fraction of sp³-hybridized carbons (Fsp3) is 0.545. The third-order valence-electron chi connectivity index (χ3n) is 2.79. The average molecular weight is 252 g/mol. The van der Waals surface area contributed by atoms with Gasteiger partial charge in [0, 0.05) is 19.3 Å². The number of rotatable bonds is 5. The zero-order valence-electron chi connectivity index (χ0n) is 10.2. The molecule has 7 heteroatoms. The van der Waals surface area contributed by atoms with E-state index in [1.165, 1.54) is 17.1 Å². The van der Waals surface area contributed by atoms with E-state index in [2.05, 4.69) is 5.10 Å². The summed E-state index contributed by atoms with van der Waals surface area (Å²) in [6.45, 7) is -0.264. The summed E-state index contributed by atoms with van der Waals surface area (Å²) in [7, 11) is 1.72. The summed E-state index contributed by atoms with van der Waals surface area (Å²) in [5.41, 5.74) is 5.94. The first-order valence-corrected chi connectivity index (χ1v) is 5.75. The maximum absolute atomic E-state index is 11.6. The second kappa shape index (κ2) is 5.07. The van der Waals surface area contributed by atoms with E-state index in [0.29, 0.717) is 11.7 Å². The molecule has 0 unspecified atom stereocenters. The Hall–Kier alpha value is -2.05. The molecule has 1 saturated carbocycles. The number of carbonyl (C=O) groups excluding carboxylic acids is 2. The van der Waals surface area contributed by atoms with Crippen LogP contribution in [0.2, 0.25) is 0 Å². The molecule has 1 aliphatic carbocycles. The predicted molar refractivity (Wildman–Crippen MR) is 63.4 cm³/mol. The molecule has 0 spiro atoms. The minimum absolute atomic E-state index is 0.0440. The molecule has 2 rings (SSSR count). The zero-order chi connectivity index (χ0) is 13.1. The molecule has 0 aromatic carbocycles. The Morgan fingerprint density at radius 1 is 1.61 bits per heavy atom. The number of hydrogen-bond donors (Lipinski definition) is 1. The van der Waals surface area contributed by atoms with E-state index in [4.69, 9.17) is 10.5 Å². The lowest BCUT2D eigenvalue weighted by atomic mass is 10.5. The SMILES string of the molecule is CN(C(=O)COC(=O)Cn1cc(N)cn1)C1CC1. The van der Waals surface area contributed by atoms with Crippen LogP contribution in [-0.2, 0) is 20.9 Å². The number of esters is 1. The van der Waals surface area contributed by atoms with Gasteiger partial charge in [-0.25, -0.2) is 0 Å². The molecule has 2 N–H and O–H groups in total. The van der Waals surface area contributed by atoms with Crippen LogP contribution in [0, 0.1) is 0 Å². The average Bonchev–Trinajstić information content (AvgIpc) is 3.10. The summed E-state index contributed by atoms with van der Waals surface area (Å²) in [5.74, 6) is -0.679. The first-order chi connectivity index (χ1) is 8.56. The van der Waals surface area contributed by atoms with Crippen molar-refractivity contribution in [3.63, 3.8) is 0 Å². The first-order valence-electron chi connectivity index (χ1n) is 5.75. The van der Waals surface area contributed by atoms with Crippen LogP contribution < -0.4 is 5.73 Å². The maximum Gasteiger partial charge on any atom is 0.328 e. The Balaban J connectivity index is 1.72. The third kappa shape index (κ3) is 3.22. The number of amides is 1. The van der Waals surface area contributed by atoms with E-state index in [1.807, 2.05) is 0 Å². The summed E-state index contributed by atoms with van der Waals surface area (Å²) >= 11 is 0. The van der Waals surface area contributed by atoms with E-state index in [9.17, 15) is 9.59 Å². The molecule has 1 aromatic heterocycles. The van der Waals surface area contributed by atoms with Gasteiger partial charge in [-0.1, -0.05) is 0 Å². The monoisotopic (exact) mass is 252 g/mol. The number of likely N-dealkylation sites (N-methyl/N-ethyl adjacent to an activating group) is 1. The topological polar surface area (TPSA) is 90.5 Å². The Labute approximate surface area is 104 Å². The van der Waals surface area contributed by atoms with Gasteiger partial charge in [0.25, 0.3) is 5.91 Å². The van der Waals surface area contributed by atoms with Gasteiger partial charge >= 0.3 is 5.97 Å². The molecule has 98 valence electrons. The number of aromatic nitrogens is 2. The second-order valence-electron chi connectivity index (χ2n) is 4.37. The molecule has 0 bridgehead atoms. The molecule has 0 atom stereocenters. The van der Waals surface area contributed by atoms with Gasteiger partial charge in [0.05, 0.1) is 11.9 Å². The minimum Gasteiger partial charge on any atom is -0.454 e. The normalized spacial score (nSPS) is 14.3. The maximum atomic E-state index is 11.6. The van der Waals surface area contributed by atoms with E-state index < -0.39 is 5.97 Å². The lowest BCUT2D eigenvalue weighted by Gasteiger charge is -2.15. The van der Waals surface area contributed by atoms with E-state index >= 15 is 0 Å². The summed E-state index contributed by atoms with van der Waals surface area (Å²) < 4.78 is 6.25. The molecular formula is C11H16N4O3. The molecular weight excluding hydrogens is 236 g/mol. The van der Waals surface area contributed by atoms with Crippen molar-refractivity contribution in [2.24, 2.45) is 0 Å². The van der Waals surface area contributed by atoms with Crippen LogP contribution in [0.4, 0.5) is 5.69 Å². The molecule has 18 heavy (non-hydrogen) atoms. The van der Waals surface area contributed by atoms with E-state index in [0.717, 1.165) is 12.8 Å². The van der Waals surface area contributed by atoms with Crippen molar-refractivity contribution >= 4 is 17.6 Å². The van der Waals surface area contributed by atoms with Gasteiger partial charge < -0.3 is 15.4 Å². The second-order valence-corrected chi connectivity index (χ2v) is 4.37. The van der Waals surface area contributed by atoms with Crippen molar-refractivity contribution in [2.75, 3.05) is 19.4 Å². The highest BCUT2D eigenvalue weighted by molar-refractivity contribution is 5.80. The van der Waals surface area contributed by atoms with Crippen LogP contribution >= 0.6 is 0 Å². The van der Waals surface area contributed by atoms with Gasteiger partial charge in [0.15, 0.2) is 6.61 Å². The highest BCUT2D eigenvalue weighted by Crippen LogP contribution is 2.25. The first kappa shape index (κ1) is 12.4. The van der Waals surface area contributed by atoms with Crippen LogP contribution in [0.15, 0.2) is 12.4 Å². The third-order valence-corrected chi connectivity index (χ3v) is 2.79. The zero-order valence-corrected chi connectivity index (χ0v) is 10.2. The van der Waals surface area contributed by atoms with Crippen LogP contribution in [0.3, 0.4) is 0 Å². The summed E-state index contributed by atoms with van der Waals surface area (Å²) in [5, 5.41) is 3.85. The van der Waals surface area contributed by atoms with Gasteiger partial charge in [0.1, 0.15) is 6.54 Å². The van der Waals surface area contributed by atoms with Crippen LogP contribution in [-0.4, -0.2) is 46.3 Å². The molecule has 1 heterocycles. The van der Waals surface area contributed by atoms with Crippen molar-refractivity contribution in [3.05, 3.63) is 12.4 Å². The number of nitrogens with zero attached hydrogens (tertiary/aromatic N) is 3. The van der Waals surface area contributed by atoms with Gasteiger partial charge in [0.2, 0.25) is 0 Å². The molecule has 0 aliphatic heterocycles. The smallest absolute Gasteiger partial charge is 0.328 e. The Morgan fingerprint density at radius 2 is 2.33 bits per heavy atom. The van der Waals surface area contributed by atoms with Crippen molar-refractivity contribution in [1.29, 1.82) is 0 Å². The largest absolute Gasteiger partial charge is 0.454 e. The number of nitrogen functional groups attached to an aromatic ring is 1. The summed E-state index contributed by atoms with van der Waals surface area (Å²) in [6, 6.07) is 0.321. The number of hydrogen-bond acceptors (Lipinski definition) is 5. The highest BCUT2D eigenvalue weighted by Gasteiger charge is 2.29. The molecule has 0 saturated heterocycles. The van der Waals surface area contributed by atoms with E-state index in [-0.39, 0.29) is 19.1 Å². The number of ether oxygens (including phenoxy) is 1. The Bertz CT molecular complexity index is 453. The van der Waals surface area contributed by atoms with E-state index in [1.54, 1.807) is 11.9 Å². The molecule has 7 nitrogen and oxygen atoms in total. The van der Waals surface area contributed by atoms with Crippen molar-refractivity contribution in [3.8, 4) is 0 Å². The fourth-order valence-electron chi connectivity index (χ4n) is 1.55. The minimum atomic E-state index is -0.504.